The molecule has 1 heterocycles. The van der Waals surface area contributed by atoms with Gasteiger partial charge in [0.1, 0.15) is 0 Å². The number of hydrogen-bond donors (Lipinski definition) is 2. The Balaban J connectivity index is 2.18. The van der Waals surface area contributed by atoms with E-state index in [-0.39, 0.29) is 6.42 Å². The van der Waals surface area contributed by atoms with Crippen LogP contribution in [0.4, 0.5) is 0 Å². The van der Waals surface area contributed by atoms with E-state index in [1.165, 1.54) is 5.56 Å². The number of aromatic nitrogens is 1. The van der Waals surface area contributed by atoms with Crippen molar-refractivity contribution in [3.8, 4) is 11.3 Å². The Kier molecular flexibility index (Phi) is 4.20. The van der Waals surface area contributed by atoms with Crippen LogP contribution in [0.25, 0.3) is 22.2 Å². The first-order valence-corrected chi connectivity index (χ1v) is 7.98. The fourth-order valence-corrected chi connectivity index (χ4v) is 2.97. The van der Waals surface area contributed by atoms with Crippen molar-refractivity contribution in [3.05, 3.63) is 59.7 Å². The standard InChI is InChI=1S/C20H21NO2/c1-13(2)15-8-10-18-17(12-15)16(9-11-19(22)23)20(21-18)14-6-4-3-5-7-14/h3-8,10,12-13,21H,9,11H2,1-2H3,(H,22,23). The maximum absolute atomic E-state index is 11.0. The maximum atomic E-state index is 11.0. The molecule has 23 heavy (non-hydrogen) atoms. The molecule has 118 valence electrons. The quantitative estimate of drug-likeness (QED) is 0.698. The molecule has 0 unspecified atom stereocenters. The van der Waals surface area contributed by atoms with Gasteiger partial charge in [-0.05, 0) is 41.2 Å². The van der Waals surface area contributed by atoms with Crippen molar-refractivity contribution in [3.63, 3.8) is 0 Å². The zero-order valence-electron chi connectivity index (χ0n) is 13.5. The third-order valence-electron chi connectivity index (χ3n) is 4.25. The summed E-state index contributed by atoms with van der Waals surface area (Å²) in [6.45, 7) is 4.34. The third-order valence-corrected chi connectivity index (χ3v) is 4.25. The molecule has 3 nitrogen and oxygen atoms in total. The van der Waals surface area contributed by atoms with Gasteiger partial charge in [0.2, 0.25) is 0 Å². The van der Waals surface area contributed by atoms with Crippen LogP contribution in [-0.2, 0) is 11.2 Å². The molecule has 0 radical (unpaired) electrons. The van der Waals surface area contributed by atoms with Gasteiger partial charge in [0, 0.05) is 23.0 Å². The Morgan fingerprint density at radius 3 is 2.52 bits per heavy atom. The van der Waals surface area contributed by atoms with Gasteiger partial charge in [0.05, 0.1) is 0 Å². The lowest BCUT2D eigenvalue weighted by atomic mass is 9.97. The molecule has 0 bridgehead atoms. The average Bonchev–Trinajstić information content (AvgIpc) is 2.91. The first-order chi connectivity index (χ1) is 11.1. The molecule has 3 heteroatoms. The Bertz CT molecular complexity index is 831. The summed E-state index contributed by atoms with van der Waals surface area (Å²) >= 11 is 0. The minimum absolute atomic E-state index is 0.138. The van der Waals surface area contributed by atoms with E-state index in [1.807, 2.05) is 18.2 Å². The van der Waals surface area contributed by atoms with Crippen LogP contribution in [0.2, 0.25) is 0 Å². The van der Waals surface area contributed by atoms with Gasteiger partial charge in [0.15, 0.2) is 0 Å². The van der Waals surface area contributed by atoms with E-state index >= 15 is 0 Å². The predicted molar refractivity (Wildman–Crippen MR) is 93.8 cm³/mol. The number of aromatic amines is 1. The van der Waals surface area contributed by atoms with Crippen LogP contribution in [0.15, 0.2) is 48.5 Å². The van der Waals surface area contributed by atoms with Crippen molar-refractivity contribution in [1.82, 2.24) is 4.98 Å². The summed E-state index contributed by atoms with van der Waals surface area (Å²) in [5, 5.41) is 10.2. The van der Waals surface area contributed by atoms with Crippen LogP contribution >= 0.6 is 0 Å². The van der Waals surface area contributed by atoms with Crippen molar-refractivity contribution in [1.29, 1.82) is 0 Å². The third kappa shape index (κ3) is 3.14. The Hall–Kier alpha value is -2.55. The van der Waals surface area contributed by atoms with E-state index in [4.69, 9.17) is 5.11 Å². The van der Waals surface area contributed by atoms with Gasteiger partial charge < -0.3 is 10.1 Å². The van der Waals surface area contributed by atoms with Gasteiger partial charge >= 0.3 is 5.97 Å². The van der Waals surface area contributed by atoms with Crippen molar-refractivity contribution < 1.29 is 9.90 Å². The molecule has 3 rings (SSSR count). The highest BCUT2D eigenvalue weighted by atomic mass is 16.4. The molecule has 1 aromatic heterocycles. The Morgan fingerprint density at radius 1 is 1.13 bits per heavy atom. The molecule has 0 fully saturated rings. The van der Waals surface area contributed by atoms with E-state index in [9.17, 15) is 4.79 Å². The fraction of sp³-hybridized carbons (Fsp3) is 0.250. The lowest BCUT2D eigenvalue weighted by molar-refractivity contribution is -0.136. The zero-order chi connectivity index (χ0) is 16.4. The highest BCUT2D eigenvalue weighted by molar-refractivity contribution is 5.91. The highest BCUT2D eigenvalue weighted by Crippen LogP contribution is 2.33. The number of benzene rings is 2. The molecule has 0 aliphatic carbocycles. The molecule has 2 aromatic carbocycles. The number of carbonyl (C=O) groups is 1. The van der Waals surface area contributed by atoms with Crippen molar-refractivity contribution >= 4 is 16.9 Å². The number of nitrogens with one attached hydrogen (secondary N) is 1. The van der Waals surface area contributed by atoms with Gasteiger partial charge in [-0.15, -0.1) is 0 Å². The fourth-order valence-electron chi connectivity index (χ4n) is 2.97. The summed E-state index contributed by atoms with van der Waals surface area (Å²) in [7, 11) is 0. The average molecular weight is 307 g/mol. The number of aliphatic carboxylic acids is 1. The number of carboxylic acids is 1. The lowest BCUT2D eigenvalue weighted by Crippen LogP contribution is -1.98. The number of rotatable bonds is 5. The van der Waals surface area contributed by atoms with Crippen LogP contribution < -0.4 is 0 Å². The van der Waals surface area contributed by atoms with Gasteiger partial charge in [-0.2, -0.15) is 0 Å². The van der Waals surface area contributed by atoms with Crippen molar-refractivity contribution in [2.45, 2.75) is 32.6 Å². The summed E-state index contributed by atoms with van der Waals surface area (Å²) in [5.74, 6) is -0.319. The molecule has 0 aliphatic heterocycles. The minimum Gasteiger partial charge on any atom is -0.481 e. The molecule has 0 aliphatic rings. The molecule has 0 atom stereocenters. The second-order valence-corrected chi connectivity index (χ2v) is 6.20. The molecular formula is C20H21NO2. The number of carboxylic acid groups (broad SMARTS) is 1. The molecular weight excluding hydrogens is 286 g/mol. The van der Waals surface area contributed by atoms with Crippen LogP contribution in [0.5, 0.6) is 0 Å². The summed E-state index contributed by atoms with van der Waals surface area (Å²) < 4.78 is 0. The summed E-state index contributed by atoms with van der Waals surface area (Å²) in [6, 6.07) is 16.5. The van der Waals surface area contributed by atoms with Gasteiger partial charge in [-0.25, -0.2) is 0 Å². The number of hydrogen-bond acceptors (Lipinski definition) is 1. The molecule has 0 saturated carbocycles. The first kappa shape index (κ1) is 15.3. The number of aryl methyl sites for hydroxylation is 1. The van der Waals surface area contributed by atoms with Crippen LogP contribution in [-0.4, -0.2) is 16.1 Å². The summed E-state index contributed by atoms with van der Waals surface area (Å²) in [4.78, 5) is 14.5. The van der Waals surface area contributed by atoms with E-state index in [2.05, 4.69) is 49.2 Å². The monoisotopic (exact) mass is 307 g/mol. The lowest BCUT2D eigenvalue weighted by Gasteiger charge is -2.07. The van der Waals surface area contributed by atoms with E-state index < -0.39 is 5.97 Å². The van der Waals surface area contributed by atoms with E-state index in [0.29, 0.717) is 12.3 Å². The summed E-state index contributed by atoms with van der Waals surface area (Å²) in [6.07, 6.45) is 0.666. The maximum Gasteiger partial charge on any atom is 0.303 e. The molecule has 0 saturated heterocycles. The number of fused-ring (bicyclic) bond motifs is 1. The van der Waals surface area contributed by atoms with Gasteiger partial charge in [0.25, 0.3) is 0 Å². The van der Waals surface area contributed by atoms with Crippen molar-refractivity contribution in [2.24, 2.45) is 0 Å². The number of H-pyrrole nitrogens is 1. The summed E-state index contributed by atoms with van der Waals surface area (Å²) in [5.41, 5.74) is 5.55. The zero-order valence-corrected chi connectivity index (χ0v) is 13.5. The minimum atomic E-state index is -0.765. The second-order valence-electron chi connectivity index (χ2n) is 6.20. The van der Waals surface area contributed by atoms with Crippen LogP contribution in [0.1, 0.15) is 37.3 Å². The van der Waals surface area contributed by atoms with Gasteiger partial charge in [-0.3, -0.25) is 4.79 Å². The van der Waals surface area contributed by atoms with E-state index in [1.54, 1.807) is 0 Å². The highest BCUT2D eigenvalue weighted by Gasteiger charge is 2.15. The Labute approximate surface area is 136 Å². The Morgan fingerprint density at radius 2 is 1.87 bits per heavy atom. The normalized spacial score (nSPS) is 11.3. The largest absolute Gasteiger partial charge is 0.481 e. The van der Waals surface area contributed by atoms with E-state index in [0.717, 1.165) is 27.7 Å². The molecule has 0 spiro atoms. The molecule has 2 N–H and O–H groups in total. The first-order valence-electron chi connectivity index (χ1n) is 7.98. The molecule has 3 aromatic rings. The second kappa shape index (κ2) is 6.29. The topological polar surface area (TPSA) is 53.1 Å². The predicted octanol–water partition coefficient (Wildman–Crippen LogP) is 4.98. The smallest absolute Gasteiger partial charge is 0.303 e. The molecule has 0 amide bonds. The van der Waals surface area contributed by atoms with Crippen molar-refractivity contribution in [2.75, 3.05) is 0 Å². The van der Waals surface area contributed by atoms with Gasteiger partial charge in [-0.1, -0.05) is 50.2 Å². The van der Waals surface area contributed by atoms with Crippen LogP contribution in [0.3, 0.4) is 0 Å². The van der Waals surface area contributed by atoms with Crippen LogP contribution in [0, 0.1) is 0 Å². The SMILES string of the molecule is CC(C)c1ccc2[nH]c(-c3ccccc3)c(CCC(=O)O)c2c1.